The van der Waals surface area contributed by atoms with Gasteiger partial charge in [0.1, 0.15) is 0 Å². The van der Waals surface area contributed by atoms with Crippen molar-refractivity contribution >= 4 is 5.97 Å². The minimum Gasteiger partial charge on any atom is -0.466 e. The van der Waals surface area contributed by atoms with Crippen LogP contribution in [-0.2, 0) is 19.0 Å². The number of ether oxygens (including phenoxy) is 3. The monoisotopic (exact) mass is 316 g/mol. The Morgan fingerprint density at radius 2 is 1.32 bits per heavy atom. The number of carbonyl (C=O) groups is 1. The van der Waals surface area contributed by atoms with Gasteiger partial charge in [0.05, 0.1) is 19.8 Å². The zero-order valence-electron chi connectivity index (χ0n) is 14.7. The zero-order chi connectivity index (χ0) is 16.3. The quantitative estimate of drug-likeness (QED) is 0.293. The molecule has 0 atom stereocenters. The van der Waals surface area contributed by atoms with Crippen molar-refractivity contribution in [1.82, 2.24) is 0 Å². The third kappa shape index (κ3) is 17.4. The van der Waals surface area contributed by atoms with Crippen LogP contribution in [0.5, 0.6) is 0 Å². The van der Waals surface area contributed by atoms with Crippen LogP contribution < -0.4 is 0 Å². The molecule has 0 saturated heterocycles. The predicted molar refractivity (Wildman–Crippen MR) is 90.1 cm³/mol. The Morgan fingerprint density at radius 3 is 2.00 bits per heavy atom. The Bertz CT molecular complexity index is 231. The molecule has 0 fully saturated rings. The van der Waals surface area contributed by atoms with Crippen molar-refractivity contribution in [3.05, 3.63) is 0 Å². The summed E-state index contributed by atoms with van der Waals surface area (Å²) < 4.78 is 15.7. The second-order valence-corrected chi connectivity index (χ2v) is 5.61. The van der Waals surface area contributed by atoms with Crippen LogP contribution in [0.25, 0.3) is 0 Å². The molecule has 0 unspecified atom stereocenters. The minimum atomic E-state index is -0.101. The molecule has 0 heterocycles. The lowest BCUT2D eigenvalue weighted by Gasteiger charge is -2.06. The molecular weight excluding hydrogens is 280 g/mol. The molecular formula is C18H36O4. The van der Waals surface area contributed by atoms with Gasteiger partial charge in [-0.15, -0.1) is 0 Å². The van der Waals surface area contributed by atoms with Gasteiger partial charge in [-0.3, -0.25) is 4.79 Å². The van der Waals surface area contributed by atoms with Crippen molar-refractivity contribution in [2.45, 2.75) is 78.1 Å². The number of hydrogen-bond donors (Lipinski definition) is 0. The Balaban J connectivity index is 3.13. The molecule has 0 aromatic rings. The van der Waals surface area contributed by atoms with Gasteiger partial charge in [0, 0.05) is 19.6 Å². The SMILES string of the molecule is CCCCCCCCCCOC(=O)CCCOCCOCC. The topological polar surface area (TPSA) is 44.8 Å². The summed E-state index contributed by atoms with van der Waals surface area (Å²) in [6.45, 7) is 7.30. The first-order chi connectivity index (χ1) is 10.8. The van der Waals surface area contributed by atoms with Gasteiger partial charge in [-0.2, -0.15) is 0 Å². The molecule has 0 radical (unpaired) electrons. The van der Waals surface area contributed by atoms with Gasteiger partial charge < -0.3 is 14.2 Å². The van der Waals surface area contributed by atoms with Gasteiger partial charge >= 0.3 is 5.97 Å². The summed E-state index contributed by atoms with van der Waals surface area (Å²) in [4.78, 5) is 11.5. The van der Waals surface area contributed by atoms with E-state index in [0.29, 0.717) is 39.5 Å². The highest BCUT2D eigenvalue weighted by atomic mass is 16.5. The average molecular weight is 316 g/mol. The first-order valence-corrected chi connectivity index (χ1v) is 9.12. The molecule has 0 aromatic carbocycles. The van der Waals surface area contributed by atoms with Gasteiger partial charge in [0.25, 0.3) is 0 Å². The lowest BCUT2D eigenvalue weighted by atomic mass is 10.1. The molecule has 22 heavy (non-hydrogen) atoms. The molecule has 0 saturated carbocycles. The fourth-order valence-electron chi connectivity index (χ4n) is 2.18. The van der Waals surface area contributed by atoms with Crippen LogP contribution >= 0.6 is 0 Å². The van der Waals surface area contributed by atoms with E-state index >= 15 is 0 Å². The van der Waals surface area contributed by atoms with Gasteiger partial charge in [0.15, 0.2) is 0 Å². The summed E-state index contributed by atoms with van der Waals surface area (Å²) in [5, 5.41) is 0. The highest BCUT2D eigenvalue weighted by Gasteiger charge is 2.02. The van der Waals surface area contributed by atoms with Crippen molar-refractivity contribution in [3.63, 3.8) is 0 Å². The van der Waals surface area contributed by atoms with Crippen LogP contribution in [0, 0.1) is 0 Å². The average Bonchev–Trinajstić information content (AvgIpc) is 2.52. The molecule has 4 nitrogen and oxygen atoms in total. The highest BCUT2D eigenvalue weighted by Crippen LogP contribution is 2.08. The van der Waals surface area contributed by atoms with Crippen molar-refractivity contribution in [2.75, 3.05) is 33.0 Å². The van der Waals surface area contributed by atoms with Gasteiger partial charge in [-0.05, 0) is 19.8 Å². The smallest absolute Gasteiger partial charge is 0.305 e. The molecule has 0 aliphatic rings. The van der Waals surface area contributed by atoms with Crippen LogP contribution in [0.15, 0.2) is 0 Å². The van der Waals surface area contributed by atoms with E-state index < -0.39 is 0 Å². The van der Waals surface area contributed by atoms with E-state index in [1.54, 1.807) is 0 Å². The summed E-state index contributed by atoms with van der Waals surface area (Å²) in [5.74, 6) is -0.101. The maximum atomic E-state index is 11.5. The standard InChI is InChI=1S/C18H36O4/c1-3-5-6-7-8-9-10-11-15-22-18(19)13-12-14-21-17-16-20-4-2/h3-17H2,1-2H3. The lowest BCUT2D eigenvalue weighted by molar-refractivity contribution is -0.144. The summed E-state index contributed by atoms with van der Waals surface area (Å²) >= 11 is 0. The largest absolute Gasteiger partial charge is 0.466 e. The Labute approximate surface area is 136 Å². The minimum absolute atomic E-state index is 0.101. The first-order valence-electron chi connectivity index (χ1n) is 9.12. The number of rotatable bonds is 17. The van der Waals surface area contributed by atoms with Crippen molar-refractivity contribution in [3.8, 4) is 0 Å². The number of carbonyl (C=O) groups excluding carboxylic acids is 1. The second kappa shape index (κ2) is 18.4. The molecule has 4 heteroatoms. The summed E-state index contributed by atoms with van der Waals surface area (Å²) in [6.07, 6.45) is 11.3. The molecule has 0 aromatic heterocycles. The fraction of sp³-hybridized carbons (Fsp3) is 0.944. The van der Waals surface area contributed by atoms with E-state index in [9.17, 15) is 4.79 Å². The van der Waals surface area contributed by atoms with Crippen molar-refractivity contribution in [1.29, 1.82) is 0 Å². The van der Waals surface area contributed by atoms with Crippen LogP contribution in [0.1, 0.15) is 78.1 Å². The molecule has 0 bridgehead atoms. The third-order valence-electron chi connectivity index (χ3n) is 3.51. The van der Waals surface area contributed by atoms with E-state index in [-0.39, 0.29) is 5.97 Å². The van der Waals surface area contributed by atoms with Gasteiger partial charge in [0.2, 0.25) is 0 Å². The third-order valence-corrected chi connectivity index (χ3v) is 3.51. The highest BCUT2D eigenvalue weighted by molar-refractivity contribution is 5.69. The summed E-state index contributed by atoms with van der Waals surface area (Å²) in [7, 11) is 0. The van der Waals surface area contributed by atoms with E-state index in [0.717, 1.165) is 12.8 Å². The molecule has 0 aliphatic carbocycles. The summed E-state index contributed by atoms with van der Waals surface area (Å²) in [6, 6.07) is 0. The summed E-state index contributed by atoms with van der Waals surface area (Å²) in [5.41, 5.74) is 0. The Kier molecular flexibility index (Phi) is 17.9. The lowest BCUT2D eigenvalue weighted by Crippen LogP contribution is -2.09. The Hall–Kier alpha value is -0.610. The maximum Gasteiger partial charge on any atom is 0.305 e. The predicted octanol–water partition coefficient (Wildman–Crippen LogP) is 4.50. The van der Waals surface area contributed by atoms with Gasteiger partial charge in [-0.25, -0.2) is 0 Å². The molecule has 132 valence electrons. The fourth-order valence-corrected chi connectivity index (χ4v) is 2.18. The number of unbranched alkanes of at least 4 members (excludes halogenated alkanes) is 7. The van der Waals surface area contributed by atoms with Crippen LogP contribution in [-0.4, -0.2) is 39.0 Å². The van der Waals surface area contributed by atoms with E-state index in [1.165, 1.54) is 44.9 Å². The normalized spacial score (nSPS) is 10.8. The second-order valence-electron chi connectivity index (χ2n) is 5.61. The van der Waals surface area contributed by atoms with E-state index in [2.05, 4.69) is 6.92 Å². The first kappa shape index (κ1) is 21.4. The molecule has 0 spiro atoms. The maximum absolute atomic E-state index is 11.5. The van der Waals surface area contributed by atoms with E-state index in [4.69, 9.17) is 14.2 Å². The Morgan fingerprint density at radius 1 is 0.682 bits per heavy atom. The van der Waals surface area contributed by atoms with E-state index in [1.807, 2.05) is 6.92 Å². The van der Waals surface area contributed by atoms with Crippen LogP contribution in [0.2, 0.25) is 0 Å². The number of hydrogen-bond acceptors (Lipinski definition) is 4. The number of esters is 1. The van der Waals surface area contributed by atoms with Crippen LogP contribution in [0.4, 0.5) is 0 Å². The molecule has 0 amide bonds. The molecule has 0 rings (SSSR count). The molecule has 0 N–H and O–H groups in total. The zero-order valence-corrected chi connectivity index (χ0v) is 14.7. The van der Waals surface area contributed by atoms with Crippen molar-refractivity contribution in [2.24, 2.45) is 0 Å². The van der Waals surface area contributed by atoms with Crippen LogP contribution in [0.3, 0.4) is 0 Å². The molecule has 0 aliphatic heterocycles. The van der Waals surface area contributed by atoms with Crippen molar-refractivity contribution < 1.29 is 19.0 Å². The van der Waals surface area contributed by atoms with Gasteiger partial charge in [-0.1, -0.05) is 51.9 Å².